The van der Waals surface area contributed by atoms with Crippen LogP contribution in [0.15, 0.2) is 102 Å². The molecule has 15 heteroatoms. The zero-order valence-corrected chi connectivity index (χ0v) is 43.0. The Morgan fingerprint density at radius 1 is 0.606 bits per heavy atom. The number of ketones is 2. The van der Waals surface area contributed by atoms with Gasteiger partial charge in [-0.25, -0.2) is 9.97 Å². The number of hydrogen-bond acceptors (Lipinski definition) is 12. The van der Waals surface area contributed by atoms with Crippen LogP contribution in [-0.2, 0) is 22.3 Å². The second-order valence-electron chi connectivity index (χ2n) is 19.3. The van der Waals surface area contributed by atoms with Crippen LogP contribution < -0.4 is 20.9 Å². The minimum atomic E-state index is -0.112. The van der Waals surface area contributed by atoms with Crippen molar-refractivity contribution < 1.29 is 28.7 Å². The summed E-state index contributed by atoms with van der Waals surface area (Å²) < 4.78 is 11.1. The number of amides is 2. The molecule has 2 aliphatic carbocycles. The Bertz CT molecular complexity index is 2900. The summed E-state index contributed by atoms with van der Waals surface area (Å²) in [5.74, 6) is 2.19. The fourth-order valence-electron chi connectivity index (χ4n) is 9.46. The molecule has 0 bridgehead atoms. The molecule has 0 atom stereocenters. The molecule has 2 saturated carbocycles. The van der Waals surface area contributed by atoms with E-state index in [1.807, 2.05) is 82.6 Å². The molecule has 12 rings (SSSR count). The molecule has 12 nitrogen and oxygen atoms in total. The van der Waals surface area contributed by atoms with Crippen LogP contribution in [0.1, 0.15) is 116 Å². The van der Waals surface area contributed by atoms with Gasteiger partial charge in [0.25, 0.3) is 11.8 Å². The van der Waals surface area contributed by atoms with E-state index in [-0.39, 0.29) is 23.4 Å². The van der Waals surface area contributed by atoms with Gasteiger partial charge in [-0.3, -0.25) is 19.2 Å². The van der Waals surface area contributed by atoms with Gasteiger partial charge in [-0.1, -0.05) is 48.5 Å². The first-order valence-corrected chi connectivity index (χ1v) is 27.5. The van der Waals surface area contributed by atoms with Gasteiger partial charge in [0, 0.05) is 85.3 Å². The predicted molar refractivity (Wildman–Crippen MR) is 285 cm³/mol. The molecule has 71 heavy (non-hydrogen) atoms. The fourth-order valence-corrected chi connectivity index (χ4v) is 12.2. The van der Waals surface area contributed by atoms with Crippen LogP contribution in [0.25, 0.3) is 20.9 Å². The number of aromatic nitrogens is 2. The summed E-state index contributed by atoms with van der Waals surface area (Å²) in [5, 5.41) is 3.46. The smallest absolute Gasteiger partial charge is 0.276 e. The molecule has 8 heterocycles. The van der Waals surface area contributed by atoms with Gasteiger partial charge in [0.1, 0.15) is 21.8 Å². The fraction of sp³-hybridized carbons (Fsp3) is 0.393. The first kappa shape index (κ1) is 49.2. The van der Waals surface area contributed by atoms with Crippen molar-refractivity contribution >= 4 is 79.2 Å². The lowest BCUT2D eigenvalue weighted by atomic mass is 10.1. The van der Waals surface area contributed by atoms with Gasteiger partial charge in [-0.2, -0.15) is 0 Å². The minimum absolute atomic E-state index is 0.103. The Hall–Kier alpha value is -5.42. The number of carbonyl (C=O) groups excluding carboxylic acids is 4. The van der Waals surface area contributed by atoms with Gasteiger partial charge in [0.15, 0.2) is 11.6 Å². The van der Waals surface area contributed by atoms with Crippen molar-refractivity contribution in [2.24, 2.45) is 17.6 Å². The minimum Gasteiger partial charge on any atom is -0.381 e. The van der Waals surface area contributed by atoms with E-state index in [1.165, 1.54) is 25.7 Å². The van der Waals surface area contributed by atoms with E-state index in [1.54, 1.807) is 34.8 Å². The summed E-state index contributed by atoms with van der Waals surface area (Å²) >= 11 is 6.50. The lowest BCUT2D eigenvalue weighted by Crippen LogP contribution is -2.33. The van der Waals surface area contributed by atoms with Crippen LogP contribution in [0.2, 0.25) is 0 Å². The second kappa shape index (κ2) is 22.6. The average molecular weight is 1060 g/mol. The van der Waals surface area contributed by atoms with Crippen LogP contribution in [-0.4, -0.2) is 84.9 Å². The number of nitrogens with one attached hydrogen (secondary N) is 1. The number of para-hydroxylation sites is 2. The highest BCUT2D eigenvalue weighted by atomic mass is 79.9. The number of benzene rings is 2. The molecule has 2 saturated heterocycles. The highest BCUT2D eigenvalue weighted by molar-refractivity contribution is 9.10. The van der Waals surface area contributed by atoms with Gasteiger partial charge in [0.2, 0.25) is 0 Å². The summed E-state index contributed by atoms with van der Waals surface area (Å²) in [5.41, 5.74) is 12.5. The Morgan fingerprint density at radius 3 is 1.56 bits per heavy atom. The number of anilines is 3. The van der Waals surface area contributed by atoms with E-state index in [9.17, 15) is 19.2 Å². The quantitative estimate of drug-likeness (QED) is 0.1000. The molecular weight excluding hydrogens is 997 g/mol. The highest BCUT2D eigenvalue weighted by Crippen LogP contribution is 2.45. The van der Waals surface area contributed by atoms with Crippen LogP contribution in [0.5, 0.6) is 0 Å². The van der Waals surface area contributed by atoms with E-state index < -0.39 is 0 Å². The summed E-state index contributed by atoms with van der Waals surface area (Å²) in [7, 11) is 0. The summed E-state index contributed by atoms with van der Waals surface area (Å²) in [4.78, 5) is 68.9. The molecule has 4 aliphatic heterocycles. The van der Waals surface area contributed by atoms with E-state index in [2.05, 4.69) is 43.3 Å². The molecule has 0 spiro atoms. The van der Waals surface area contributed by atoms with Crippen molar-refractivity contribution in [3.8, 4) is 20.9 Å². The summed E-state index contributed by atoms with van der Waals surface area (Å²) in [6.45, 7) is 4.33. The van der Waals surface area contributed by atoms with Crippen LogP contribution in [0.4, 0.5) is 17.2 Å². The first-order valence-electron chi connectivity index (χ1n) is 25.1. The number of nitrogens with zero attached hydrogens (tertiary/aromatic N) is 4. The molecule has 4 fully saturated rings. The monoisotopic (exact) mass is 1050 g/mol. The average Bonchev–Trinajstić information content (AvgIpc) is 4.33. The molecule has 0 radical (unpaired) electrons. The van der Waals surface area contributed by atoms with E-state index in [4.69, 9.17) is 15.2 Å². The maximum atomic E-state index is 13.7. The van der Waals surface area contributed by atoms with Crippen molar-refractivity contribution in [1.82, 2.24) is 9.97 Å². The van der Waals surface area contributed by atoms with Crippen molar-refractivity contribution in [3.05, 3.63) is 134 Å². The topological polar surface area (TPSA) is 157 Å². The van der Waals surface area contributed by atoms with E-state index in [0.717, 1.165) is 117 Å². The molecule has 4 aromatic heterocycles. The zero-order valence-electron chi connectivity index (χ0n) is 39.8. The number of carbonyl (C=O) groups is 4. The maximum Gasteiger partial charge on any atom is 0.276 e. The van der Waals surface area contributed by atoms with E-state index in [0.29, 0.717) is 72.3 Å². The SMILES string of the molecule is NC1CCOCC1.O=C(CC1CC1)c1cc2c(s1)-c1ccccc1N(C(=O)c1cccc(Br)n1)CC2.O=C(CC1CC1)c1cc2c(s1)-c1ccccc1N(C(=O)c1cccc(NC3CCOCC3)n1)CC2. The normalized spacial score (nSPS) is 17.6. The van der Waals surface area contributed by atoms with Crippen LogP contribution in [0.3, 0.4) is 0 Å². The van der Waals surface area contributed by atoms with Crippen molar-refractivity contribution in [3.63, 3.8) is 0 Å². The molecule has 2 amide bonds. The van der Waals surface area contributed by atoms with Gasteiger partial charge in [0.05, 0.1) is 21.1 Å². The third-order valence-electron chi connectivity index (χ3n) is 13.8. The van der Waals surface area contributed by atoms with Crippen molar-refractivity contribution in [2.45, 2.75) is 89.1 Å². The number of pyridine rings is 2. The van der Waals surface area contributed by atoms with Crippen molar-refractivity contribution in [1.29, 1.82) is 0 Å². The Kier molecular flexibility index (Phi) is 15.6. The second-order valence-corrected chi connectivity index (χ2v) is 22.2. The Labute approximate surface area is 431 Å². The Morgan fingerprint density at radius 2 is 1.08 bits per heavy atom. The number of Topliss-reactive ketones (excluding diaryl/α,β-unsaturated/α-hetero) is 2. The van der Waals surface area contributed by atoms with Crippen molar-refractivity contribution in [2.75, 3.05) is 54.6 Å². The molecule has 6 aliphatic rings. The number of hydrogen-bond donors (Lipinski definition) is 2. The number of fused-ring (bicyclic) bond motifs is 6. The molecule has 3 N–H and O–H groups in total. The number of thiophene rings is 2. The standard InChI is InChI=1S/C28H29N3O3S.C23H19BrN2O2S.C5H11NO/c32-24(16-18-8-9-18)25-17-19-10-13-31(23-6-2-1-4-21(23)27(19)35-25)28(33)22-5-3-7-26(30-22)29-20-11-14-34-15-12-20;24-21-7-3-5-17(25-21)23(28)26-11-10-15-13-20(19(27)12-14-8-9-14)29-22(15)16-4-1-2-6-18(16)26;6-5-1-3-7-4-2-5/h1-7,17-18,20H,8-16H2,(H,29,30);1-7,13-14H,8-12H2;5H,1-4,6H2. The van der Waals surface area contributed by atoms with Crippen LogP contribution in [0, 0.1) is 11.8 Å². The van der Waals surface area contributed by atoms with Gasteiger partial charge in [-0.05, 0) is 152 Å². The number of ether oxygens (including phenoxy) is 2. The van der Waals surface area contributed by atoms with E-state index >= 15 is 0 Å². The molecule has 368 valence electrons. The lowest BCUT2D eigenvalue weighted by molar-refractivity contribution is 0.0866. The molecular formula is C56H59BrN6O6S2. The largest absolute Gasteiger partial charge is 0.381 e. The van der Waals surface area contributed by atoms with Crippen LogP contribution >= 0.6 is 38.6 Å². The number of nitrogens with two attached hydrogens (primary N) is 1. The summed E-state index contributed by atoms with van der Waals surface area (Å²) in [6.07, 6.45) is 11.4. The Balaban J connectivity index is 0.000000146. The van der Waals surface area contributed by atoms with Gasteiger partial charge >= 0.3 is 0 Å². The highest BCUT2D eigenvalue weighted by Gasteiger charge is 2.32. The summed E-state index contributed by atoms with van der Waals surface area (Å²) in [6, 6.07) is 31.8. The first-order chi connectivity index (χ1) is 34.6. The predicted octanol–water partition coefficient (Wildman–Crippen LogP) is 11.5. The third-order valence-corrected chi connectivity index (χ3v) is 16.8. The number of halogens is 1. The molecule has 0 unspecified atom stereocenters. The number of rotatable bonds is 10. The molecule has 2 aromatic carbocycles. The molecule has 6 aromatic rings. The zero-order chi connectivity index (χ0) is 48.8. The van der Waals surface area contributed by atoms with Gasteiger partial charge in [-0.15, -0.1) is 22.7 Å². The third kappa shape index (κ3) is 12.1. The lowest BCUT2D eigenvalue weighted by Gasteiger charge is -2.25. The van der Waals surface area contributed by atoms with Gasteiger partial charge < -0.3 is 30.3 Å². The maximum absolute atomic E-state index is 13.7.